The SMILES string of the molecule is CCC(C)(C)c1ccc(-c2nc(C)c(C(C)C)c(N)n2)c(F)c1.CCCCc1ccc(-c2nc(C)c(C(C)C)c(N)n2)cc1.Cc1cc(-c2ccc(C(C)(C)C)cc2F)nc(C)c1C(C)C.Cc1nc(-c2ccc(CC3CC3)cc2)nc(C)c1C(C)C. The predicted octanol–water partition coefficient (Wildman–Crippen LogP) is 20.2. The van der Waals surface area contributed by atoms with Crippen molar-refractivity contribution in [2.75, 3.05) is 11.5 Å². The fourth-order valence-electron chi connectivity index (χ4n) is 11.6. The van der Waals surface area contributed by atoms with E-state index in [2.05, 4.69) is 184 Å². The van der Waals surface area contributed by atoms with Crippen LogP contribution >= 0.6 is 0 Å². The van der Waals surface area contributed by atoms with Gasteiger partial charge in [0.2, 0.25) is 0 Å². The van der Waals surface area contributed by atoms with Gasteiger partial charge < -0.3 is 11.5 Å². The summed E-state index contributed by atoms with van der Waals surface area (Å²) in [5.41, 5.74) is 31.4. The normalized spacial score (nSPS) is 12.4. The van der Waals surface area contributed by atoms with Crippen molar-refractivity contribution < 1.29 is 8.78 Å². The van der Waals surface area contributed by atoms with Crippen molar-refractivity contribution in [1.29, 1.82) is 0 Å². The van der Waals surface area contributed by atoms with Crippen LogP contribution in [0.4, 0.5) is 20.4 Å². The van der Waals surface area contributed by atoms with Crippen molar-refractivity contribution >= 4 is 11.6 Å². The maximum atomic E-state index is 14.6. The van der Waals surface area contributed by atoms with E-state index in [-0.39, 0.29) is 28.4 Å². The van der Waals surface area contributed by atoms with Gasteiger partial charge in [0.05, 0.1) is 11.3 Å². The number of nitrogen functional groups attached to an aromatic ring is 2. The third-order valence-corrected chi connectivity index (χ3v) is 16.9. The first-order chi connectivity index (χ1) is 40.8. The molecule has 1 fully saturated rings. The zero-order chi connectivity index (χ0) is 64.4. The fraction of sp³-hybridized carbons (Fsp3) is 0.461. The maximum Gasteiger partial charge on any atom is 0.164 e. The smallest absolute Gasteiger partial charge is 0.164 e. The van der Waals surface area contributed by atoms with Gasteiger partial charge >= 0.3 is 0 Å². The molecule has 0 amide bonds. The average Bonchev–Trinajstić information content (AvgIpc) is 3.76. The number of nitrogens with two attached hydrogens (primary N) is 2. The van der Waals surface area contributed by atoms with E-state index >= 15 is 0 Å². The lowest BCUT2D eigenvalue weighted by Gasteiger charge is -2.23. The summed E-state index contributed by atoms with van der Waals surface area (Å²) in [5, 5.41) is 0. The summed E-state index contributed by atoms with van der Waals surface area (Å²) in [6, 6.07) is 30.1. The average molecular weight is 1180 g/mol. The first kappa shape index (κ1) is 68.8. The topological polar surface area (TPSA) is 142 Å². The molecule has 9 rings (SSSR count). The minimum absolute atomic E-state index is 0.0554. The number of anilines is 2. The van der Waals surface area contributed by atoms with Gasteiger partial charge in [0.1, 0.15) is 23.3 Å². The molecule has 0 radical (unpaired) electrons. The molecule has 4 N–H and O–H groups in total. The lowest BCUT2D eigenvalue weighted by molar-refractivity contribution is 0.501. The van der Waals surface area contributed by atoms with Gasteiger partial charge in [0, 0.05) is 56.3 Å². The molecule has 4 aromatic heterocycles. The number of aryl methyl sites for hydroxylation is 7. The zero-order valence-corrected chi connectivity index (χ0v) is 56.5. The first-order valence-corrected chi connectivity index (χ1v) is 31.8. The Bertz CT molecular complexity index is 3510. The van der Waals surface area contributed by atoms with E-state index < -0.39 is 0 Å². The molecule has 0 bridgehead atoms. The standard InChI is InChI=1S/C20H26FN.C19H26FN3.C19H24N2.C18H25N3/c1-12(2)19-13(3)10-18(22-14(19)4)16-9-8-15(11-17(16)21)20(5,6)7;1-7-19(5,6)13-8-9-14(15(20)10-13)18-22-12(4)16(11(2)3)17(21)23-18;1-12(2)18-13(3)20-19(21-14(18)4)17-9-7-16(8-10-17)11-15-5-6-15;1-5-6-7-14-8-10-15(11-9-14)18-20-13(4)16(12(2)3)17(19)21-18/h8-12H,1-7H3;8-11H,7H2,1-6H3,(H2,21,22,23);7-10,12,15H,5-6,11H2,1-4H3;8-12H,5-7H2,1-4H3,(H2,19,20,21). The summed E-state index contributed by atoms with van der Waals surface area (Å²) in [5.74, 6) is 4.86. The lowest BCUT2D eigenvalue weighted by Crippen LogP contribution is -2.15. The molecule has 0 saturated heterocycles. The molecule has 4 heterocycles. The Morgan fingerprint density at radius 2 is 0.885 bits per heavy atom. The van der Waals surface area contributed by atoms with Gasteiger partial charge in [0.25, 0.3) is 0 Å². The minimum atomic E-state index is -0.305. The third kappa shape index (κ3) is 17.9. The second-order valence-electron chi connectivity index (χ2n) is 27.0. The Kier molecular flexibility index (Phi) is 23.4. The van der Waals surface area contributed by atoms with Gasteiger partial charge in [-0.25, -0.2) is 38.7 Å². The van der Waals surface area contributed by atoms with Crippen LogP contribution in [-0.2, 0) is 23.7 Å². The lowest BCUT2D eigenvalue weighted by atomic mass is 9.82. The number of pyridine rings is 1. The summed E-state index contributed by atoms with van der Waals surface area (Å²) in [6.45, 7) is 44.0. The van der Waals surface area contributed by atoms with Gasteiger partial charge in [-0.15, -0.1) is 0 Å². The highest BCUT2D eigenvalue weighted by molar-refractivity contribution is 5.64. The Hall–Kier alpha value is -7.27. The zero-order valence-electron chi connectivity index (χ0n) is 56.5. The number of aromatic nitrogens is 7. The Labute approximate surface area is 521 Å². The van der Waals surface area contributed by atoms with Crippen LogP contribution in [0.5, 0.6) is 0 Å². The van der Waals surface area contributed by atoms with Gasteiger partial charge in [0.15, 0.2) is 17.5 Å². The van der Waals surface area contributed by atoms with Gasteiger partial charge in [-0.3, -0.25) is 4.98 Å². The van der Waals surface area contributed by atoms with E-state index in [9.17, 15) is 8.78 Å². The van der Waals surface area contributed by atoms with Crippen LogP contribution in [0.25, 0.3) is 45.4 Å². The summed E-state index contributed by atoms with van der Waals surface area (Å²) in [6.07, 6.45) is 8.55. The molecular formula is C76H101F2N9. The van der Waals surface area contributed by atoms with Crippen LogP contribution in [0, 0.1) is 59.1 Å². The summed E-state index contributed by atoms with van der Waals surface area (Å²) in [7, 11) is 0. The molecule has 0 aliphatic heterocycles. The number of halogens is 2. The van der Waals surface area contributed by atoms with E-state index in [4.69, 9.17) is 21.4 Å². The number of hydrogen-bond donors (Lipinski definition) is 2. The van der Waals surface area contributed by atoms with Crippen LogP contribution < -0.4 is 11.5 Å². The summed E-state index contributed by atoms with van der Waals surface area (Å²) >= 11 is 0. The van der Waals surface area contributed by atoms with Crippen molar-refractivity contribution in [3.05, 3.63) is 181 Å². The first-order valence-electron chi connectivity index (χ1n) is 31.8. The van der Waals surface area contributed by atoms with Crippen molar-refractivity contribution in [2.45, 2.75) is 225 Å². The number of unbranched alkanes of at least 4 members (excludes halogenated alkanes) is 1. The number of rotatable bonds is 15. The van der Waals surface area contributed by atoms with Crippen LogP contribution in [0.1, 0.15) is 238 Å². The number of hydrogen-bond acceptors (Lipinski definition) is 9. The summed E-state index contributed by atoms with van der Waals surface area (Å²) in [4.78, 5) is 32.0. The molecule has 11 heteroatoms. The highest BCUT2D eigenvalue weighted by atomic mass is 19.1. The second kappa shape index (κ2) is 29.6. The highest BCUT2D eigenvalue weighted by Crippen LogP contribution is 2.36. The van der Waals surface area contributed by atoms with Crippen molar-refractivity contribution in [1.82, 2.24) is 34.9 Å². The number of nitrogens with zero attached hydrogens (tertiary/aromatic N) is 7. The molecule has 464 valence electrons. The van der Waals surface area contributed by atoms with Crippen molar-refractivity contribution in [2.24, 2.45) is 5.92 Å². The Morgan fingerprint density at radius 1 is 0.471 bits per heavy atom. The highest BCUT2D eigenvalue weighted by Gasteiger charge is 2.24. The van der Waals surface area contributed by atoms with E-state index in [0.29, 0.717) is 46.3 Å². The maximum absolute atomic E-state index is 14.6. The van der Waals surface area contributed by atoms with Crippen molar-refractivity contribution in [3.63, 3.8) is 0 Å². The van der Waals surface area contributed by atoms with Crippen LogP contribution in [0.15, 0.2) is 91.0 Å². The molecule has 0 spiro atoms. The molecule has 1 aliphatic rings. The fourth-order valence-corrected chi connectivity index (χ4v) is 11.6. The molecule has 87 heavy (non-hydrogen) atoms. The van der Waals surface area contributed by atoms with Crippen LogP contribution in [-0.4, -0.2) is 34.9 Å². The molecule has 1 aliphatic carbocycles. The quantitative estimate of drug-likeness (QED) is 0.103. The van der Waals surface area contributed by atoms with Gasteiger partial charge in [-0.1, -0.05) is 171 Å². The molecule has 9 nitrogen and oxygen atoms in total. The Balaban J connectivity index is 0.000000185. The third-order valence-electron chi connectivity index (χ3n) is 16.9. The van der Waals surface area contributed by atoms with Crippen LogP contribution in [0.2, 0.25) is 0 Å². The van der Waals surface area contributed by atoms with E-state index in [1.807, 2.05) is 58.9 Å². The molecule has 0 unspecified atom stereocenters. The molecule has 8 aromatic rings. The largest absolute Gasteiger partial charge is 0.383 e. The predicted molar refractivity (Wildman–Crippen MR) is 363 cm³/mol. The number of benzene rings is 4. The molecule has 4 aromatic carbocycles. The van der Waals surface area contributed by atoms with E-state index in [1.54, 1.807) is 18.2 Å². The molecule has 1 saturated carbocycles. The second-order valence-corrected chi connectivity index (χ2v) is 27.0. The molecular weight excluding hydrogens is 1080 g/mol. The van der Waals surface area contributed by atoms with E-state index in [0.717, 1.165) is 98.0 Å². The molecule has 0 atom stereocenters. The monoisotopic (exact) mass is 1180 g/mol. The van der Waals surface area contributed by atoms with E-state index in [1.165, 1.54) is 59.9 Å². The van der Waals surface area contributed by atoms with Gasteiger partial charge in [-0.05, 0) is 190 Å². The Morgan fingerprint density at radius 3 is 1.31 bits per heavy atom. The van der Waals surface area contributed by atoms with Gasteiger partial charge in [-0.2, -0.15) is 0 Å². The summed E-state index contributed by atoms with van der Waals surface area (Å²) < 4.78 is 29.2. The van der Waals surface area contributed by atoms with Crippen molar-refractivity contribution in [3.8, 4) is 45.4 Å². The van der Waals surface area contributed by atoms with Crippen LogP contribution in [0.3, 0.4) is 0 Å². The minimum Gasteiger partial charge on any atom is -0.383 e.